The van der Waals surface area contributed by atoms with Gasteiger partial charge in [-0.1, -0.05) is 6.92 Å². The summed E-state index contributed by atoms with van der Waals surface area (Å²) in [5.41, 5.74) is -0.396. The molecular formula is C19H29F3N4O2+2. The number of amides is 2. The third-order valence-electron chi connectivity index (χ3n) is 5.07. The number of hydrogen-bond acceptors (Lipinski definition) is 2. The SMILES string of the molecule is CCCNC(=O)C[NH+]1CC[NH+]([C@H](C)C(=O)Nc2ccc(C(F)(F)F)cc2)CC1. The van der Waals surface area contributed by atoms with Gasteiger partial charge in [0.2, 0.25) is 0 Å². The fourth-order valence-electron chi connectivity index (χ4n) is 3.27. The van der Waals surface area contributed by atoms with Crippen LogP contribution < -0.4 is 20.4 Å². The molecule has 1 aliphatic rings. The van der Waals surface area contributed by atoms with Crippen LogP contribution in [0.4, 0.5) is 18.9 Å². The molecule has 156 valence electrons. The number of carbonyl (C=O) groups is 2. The van der Waals surface area contributed by atoms with E-state index in [2.05, 4.69) is 10.6 Å². The molecule has 1 atom stereocenters. The second-order valence-corrected chi connectivity index (χ2v) is 7.22. The summed E-state index contributed by atoms with van der Waals surface area (Å²) in [6, 6.07) is 4.12. The quantitative estimate of drug-likeness (QED) is 0.490. The van der Waals surface area contributed by atoms with Crippen molar-refractivity contribution in [3.05, 3.63) is 29.8 Å². The standard InChI is InChI=1S/C19H27F3N4O2/c1-3-8-23-17(27)13-25-9-11-26(12-10-25)14(2)18(28)24-16-6-4-15(5-7-16)19(20,21)22/h4-7,14H,3,8-13H2,1-2H3,(H,23,27)(H,24,28)/p+2/t14-/m1/s1. The molecule has 9 heteroatoms. The van der Waals surface area contributed by atoms with Gasteiger partial charge in [-0.05, 0) is 37.6 Å². The van der Waals surface area contributed by atoms with Crippen LogP contribution in [0.5, 0.6) is 0 Å². The van der Waals surface area contributed by atoms with Gasteiger partial charge in [-0.3, -0.25) is 9.59 Å². The van der Waals surface area contributed by atoms with Crippen molar-refractivity contribution >= 4 is 17.5 Å². The highest BCUT2D eigenvalue weighted by atomic mass is 19.4. The third kappa shape index (κ3) is 6.49. The molecule has 2 amide bonds. The molecule has 0 bridgehead atoms. The van der Waals surface area contributed by atoms with Gasteiger partial charge in [0.1, 0.15) is 26.2 Å². The first kappa shape index (κ1) is 22.2. The van der Waals surface area contributed by atoms with Crippen molar-refractivity contribution in [3.8, 4) is 0 Å². The van der Waals surface area contributed by atoms with E-state index in [4.69, 9.17) is 0 Å². The van der Waals surface area contributed by atoms with Crippen LogP contribution in [0.2, 0.25) is 0 Å². The second-order valence-electron chi connectivity index (χ2n) is 7.22. The van der Waals surface area contributed by atoms with E-state index in [1.807, 2.05) is 13.8 Å². The fourth-order valence-corrected chi connectivity index (χ4v) is 3.27. The molecule has 1 aliphatic heterocycles. The molecule has 0 unspecified atom stereocenters. The lowest BCUT2D eigenvalue weighted by atomic mass is 10.1. The predicted molar refractivity (Wildman–Crippen MR) is 99.1 cm³/mol. The summed E-state index contributed by atoms with van der Waals surface area (Å²) in [4.78, 5) is 26.6. The van der Waals surface area contributed by atoms with Crippen LogP contribution in [0, 0.1) is 0 Å². The van der Waals surface area contributed by atoms with E-state index in [1.54, 1.807) is 0 Å². The first-order valence-corrected chi connectivity index (χ1v) is 9.63. The van der Waals surface area contributed by atoms with Gasteiger partial charge in [-0.25, -0.2) is 0 Å². The van der Waals surface area contributed by atoms with Crippen LogP contribution >= 0.6 is 0 Å². The summed E-state index contributed by atoms with van der Waals surface area (Å²) in [5, 5.41) is 5.56. The van der Waals surface area contributed by atoms with Crippen LogP contribution in [-0.2, 0) is 15.8 Å². The van der Waals surface area contributed by atoms with Gasteiger partial charge in [0, 0.05) is 12.2 Å². The monoisotopic (exact) mass is 402 g/mol. The number of carbonyl (C=O) groups excluding carboxylic acids is 2. The Labute approximate surface area is 163 Å². The zero-order chi connectivity index (χ0) is 20.7. The normalized spacial score (nSPS) is 21.0. The van der Waals surface area contributed by atoms with Gasteiger partial charge in [-0.15, -0.1) is 0 Å². The highest BCUT2D eigenvalue weighted by Crippen LogP contribution is 2.29. The molecule has 1 fully saturated rings. The topological polar surface area (TPSA) is 67.1 Å². The van der Waals surface area contributed by atoms with Gasteiger partial charge in [0.15, 0.2) is 12.6 Å². The van der Waals surface area contributed by atoms with Crippen LogP contribution in [0.1, 0.15) is 25.8 Å². The summed E-state index contributed by atoms with van der Waals surface area (Å²) in [7, 11) is 0. The number of alkyl halides is 3. The highest BCUT2D eigenvalue weighted by molar-refractivity contribution is 5.93. The Balaban J connectivity index is 1.80. The van der Waals surface area contributed by atoms with Gasteiger partial charge < -0.3 is 20.4 Å². The third-order valence-corrected chi connectivity index (χ3v) is 5.07. The number of nitrogens with one attached hydrogen (secondary N) is 4. The van der Waals surface area contributed by atoms with E-state index >= 15 is 0 Å². The van der Waals surface area contributed by atoms with Crippen LogP contribution in [0.15, 0.2) is 24.3 Å². The van der Waals surface area contributed by atoms with E-state index in [0.717, 1.165) is 49.6 Å². The summed E-state index contributed by atoms with van der Waals surface area (Å²) in [5.74, 6) is -0.174. The molecule has 1 heterocycles. The van der Waals surface area contributed by atoms with Crippen molar-refractivity contribution in [1.82, 2.24) is 5.32 Å². The highest BCUT2D eigenvalue weighted by Gasteiger charge is 2.32. The molecule has 1 saturated heterocycles. The number of piperazine rings is 1. The Morgan fingerprint density at radius 2 is 1.71 bits per heavy atom. The number of benzene rings is 1. The number of quaternary nitrogens is 2. The van der Waals surface area contributed by atoms with E-state index in [-0.39, 0.29) is 17.9 Å². The molecule has 1 aromatic rings. The minimum Gasteiger partial charge on any atom is -0.351 e. The van der Waals surface area contributed by atoms with Crippen molar-refractivity contribution in [2.45, 2.75) is 32.5 Å². The molecule has 0 radical (unpaired) electrons. The molecule has 2 rings (SSSR count). The Morgan fingerprint density at radius 1 is 1.11 bits per heavy atom. The predicted octanol–water partition coefficient (Wildman–Crippen LogP) is -0.658. The van der Waals surface area contributed by atoms with E-state index < -0.39 is 11.7 Å². The molecule has 4 N–H and O–H groups in total. The lowest BCUT2D eigenvalue weighted by Gasteiger charge is -2.32. The first-order chi connectivity index (χ1) is 13.2. The Morgan fingerprint density at radius 3 is 2.25 bits per heavy atom. The van der Waals surface area contributed by atoms with Gasteiger partial charge in [0.25, 0.3) is 11.8 Å². The number of hydrogen-bond donors (Lipinski definition) is 4. The number of anilines is 1. The minimum atomic E-state index is -4.39. The zero-order valence-electron chi connectivity index (χ0n) is 16.3. The van der Waals surface area contributed by atoms with Crippen molar-refractivity contribution in [2.75, 3.05) is 44.6 Å². The Bertz CT molecular complexity index is 656. The smallest absolute Gasteiger partial charge is 0.351 e. The molecule has 0 spiro atoms. The maximum atomic E-state index is 12.6. The average molecular weight is 402 g/mol. The van der Waals surface area contributed by atoms with Crippen LogP contribution in [-0.4, -0.2) is 57.1 Å². The Hall–Kier alpha value is -2.13. The van der Waals surface area contributed by atoms with Crippen molar-refractivity contribution in [3.63, 3.8) is 0 Å². The molecule has 0 saturated carbocycles. The van der Waals surface area contributed by atoms with Gasteiger partial charge in [0.05, 0.1) is 5.56 Å². The van der Waals surface area contributed by atoms with E-state index in [9.17, 15) is 22.8 Å². The van der Waals surface area contributed by atoms with Crippen molar-refractivity contribution < 1.29 is 32.6 Å². The average Bonchev–Trinajstić information content (AvgIpc) is 2.66. The summed E-state index contributed by atoms with van der Waals surface area (Å²) in [6.45, 7) is 8.07. The molecule has 0 aliphatic carbocycles. The maximum absolute atomic E-state index is 12.6. The lowest BCUT2D eigenvalue weighted by Crippen LogP contribution is -3.30. The summed E-state index contributed by atoms with van der Waals surface area (Å²) >= 11 is 0. The number of rotatable bonds is 7. The molecule has 0 aromatic heterocycles. The second kappa shape index (κ2) is 9.88. The first-order valence-electron chi connectivity index (χ1n) is 9.63. The summed E-state index contributed by atoms with van der Waals surface area (Å²) in [6.07, 6.45) is -3.49. The molecular weight excluding hydrogens is 373 g/mol. The summed E-state index contributed by atoms with van der Waals surface area (Å²) < 4.78 is 37.8. The lowest BCUT2D eigenvalue weighted by molar-refractivity contribution is -1.01. The maximum Gasteiger partial charge on any atom is 0.416 e. The Kier molecular flexibility index (Phi) is 7.82. The minimum absolute atomic E-state index is 0.0494. The molecule has 28 heavy (non-hydrogen) atoms. The van der Waals surface area contributed by atoms with Crippen LogP contribution in [0.25, 0.3) is 0 Å². The van der Waals surface area contributed by atoms with E-state index in [1.165, 1.54) is 17.0 Å². The van der Waals surface area contributed by atoms with Crippen molar-refractivity contribution in [1.29, 1.82) is 0 Å². The number of halogens is 3. The van der Waals surface area contributed by atoms with Crippen molar-refractivity contribution in [2.24, 2.45) is 0 Å². The van der Waals surface area contributed by atoms with Gasteiger partial charge >= 0.3 is 6.18 Å². The van der Waals surface area contributed by atoms with Gasteiger partial charge in [-0.2, -0.15) is 13.2 Å². The zero-order valence-corrected chi connectivity index (χ0v) is 16.3. The molecule has 6 nitrogen and oxygen atoms in total. The van der Waals surface area contributed by atoms with E-state index in [0.29, 0.717) is 18.8 Å². The largest absolute Gasteiger partial charge is 0.416 e. The fraction of sp³-hybridized carbons (Fsp3) is 0.579. The van der Waals surface area contributed by atoms with Crippen LogP contribution in [0.3, 0.4) is 0 Å². The molecule has 1 aromatic carbocycles.